The van der Waals surface area contributed by atoms with Gasteiger partial charge in [-0.2, -0.15) is 0 Å². The Balaban J connectivity index is 4.36. The Morgan fingerprint density at radius 1 is 0.267 bits per heavy atom. The highest BCUT2D eigenvalue weighted by molar-refractivity contribution is 5.71. The second-order valence-electron chi connectivity index (χ2n) is 22.0. The predicted molar refractivity (Wildman–Crippen MR) is 325 cm³/mol. The third-order valence-corrected chi connectivity index (χ3v) is 14.5. The fourth-order valence-electron chi connectivity index (χ4n) is 9.50. The molecule has 0 aromatic carbocycles. The number of rotatable bonds is 60. The molecule has 0 N–H and O–H groups in total. The normalized spacial score (nSPS) is 12.4. The summed E-state index contributed by atoms with van der Waals surface area (Å²) >= 11 is 0. The Bertz CT molecular complexity index is 1340. The lowest BCUT2D eigenvalue weighted by Crippen LogP contribution is -2.30. The van der Waals surface area contributed by atoms with Crippen LogP contribution in [0.3, 0.4) is 0 Å². The maximum Gasteiger partial charge on any atom is 0.306 e. The van der Waals surface area contributed by atoms with Crippen molar-refractivity contribution in [2.75, 3.05) is 13.2 Å². The van der Waals surface area contributed by atoms with E-state index in [4.69, 9.17) is 14.2 Å². The van der Waals surface area contributed by atoms with Gasteiger partial charge in [0.05, 0.1) is 0 Å². The van der Waals surface area contributed by atoms with Gasteiger partial charge in [-0.1, -0.05) is 274 Å². The molecule has 0 fully saturated rings. The first-order valence-electron chi connectivity index (χ1n) is 32.8. The van der Waals surface area contributed by atoms with Gasteiger partial charge < -0.3 is 14.2 Å². The molecule has 0 aliphatic carbocycles. The van der Waals surface area contributed by atoms with Crippen LogP contribution in [0.15, 0.2) is 60.8 Å². The highest BCUT2D eigenvalue weighted by Gasteiger charge is 2.19. The van der Waals surface area contributed by atoms with Crippen molar-refractivity contribution in [2.45, 2.75) is 348 Å². The average Bonchev–Trinajstić information content (AvgIpc) is 3.41. The number of ether oxygens (including phenoxy) is 3. The van der Waals surface area contributed by atoms with E-state index in [2.05, 4.69) is 81.5 Å². The summed E-state index contributed by atoms with van der Waals surface area (Å²) in [5.74, 6) is -0.879. The lowest BCUT2D eigenvalue weighted by atomic mass is 10.1. The molecule has 0 saturated heterocycles. The molecule has 0 rings (SSSR count). The SMILES string of the molecule is CCCCCCC/C=C\C/C=C\C/C=C\CCCCCCCCCCC(=O)OCC(COC(=O)CCCCCCC/C=C\CCCCCCCC)OC(=O)CCCCCCCCCCC/C=C\CCCCCCCC. The molecule has 0 saturated carbocycles. The van der Waals surface area contributed by atoms with Gasteiger partial charge in [0.2, 0.25) is 0 Å². The number of carbonyl (C=O) groups is 3. The average molecular weight is 1050 g/mol. The van der Waals surface area contributed by atoms with Crippen molar-refractivity contribution in [1.82, 2.24) is 0 Å². The lowest BCUT2D eigenvalue weighted by molar-refractivity contribution is -0.167. The van der Waals surface area contributed by atoms with E-state index in [0.29, 0.717) is 19.3 Å². The highest BCUT2D eigenvalue weighted by Crippen LogP contribution is 2.16. The fraction of sp³-hybridized carbons (Fsp3) is 0.812. The zero-order chi connectivity index (χ0) is 54.3. The van der Waals surface area contributed by atoms with Crippen LogP contribution >= 0.6 is 0 Å². The van der Waals surface area contributed by atoms with Crippen molar-refractivity contribution in [2.24, 2.45) is 0 Å². The third kappa shape index (κ3) is 61.8. The molecular formula is C69H124O6. The highest BCUT2D eigenvalue weighted by atomic mass is 16.6. The van der Waals surface area contributed by atoms with E-state index in [-0.39, 0.29) is 31.1 Å². The van der Waals surface area contributed by atoms with E-state index in [1.165, 1.54) is 218 Å². The zero-order valence-corrected chi connectivity index (χ0v) is 50.1. The van der Waals surface area contributed by atoms with E-state index < -0.39 is 6.10 Å². The minimum Gasteiger partial charge on any atom is -0.462 e. The summed E-state index contributed by atoms with van der Waals surface area (Å²) in [6, 6.07) is 0. The van der Waals surface area contributed by atoms with Crippen LogP contribution in [-0.4, -0.2) is 37.2 Å². The smallest absolute Gasteiger partial charge is 0.306 e. The van der Waals surface area contributed by atoms with Crippen LogP contribution in [0.5, 0.6) is 0 Å². The summed E-state index contributed by atoms with van der Waals surface area (Å²) in [5, 5.41) is 0. The molecule has 6 heteroatoms. The van der Waals surface area contributed by atoms with E-state index in [1.807, 2.05) is 0 Å². The maximum absolute atomic E-state index is 12.9. The van der Waals surface area contributed by atoms with E-state index in [0.717, 1.165) is 83.5 Å². The molecule has 0 bridgehead atoms. The van der Waals surface area contributed by atoms with Gasteiger partial charge in [0.15, 0.2) is 6.10 Å². The summed E-state index contributed by atoms with van der Waals surface area (Å²) in [6.07, 6.45) is 80.8. The monoisotopic (exact) mass is 1050 g/mol. The zero-order valence-electron chi connectivity index (χ0n) is 50.1. The quantitative estimate of drug-likeness (QED) is 0.0261. The maximum atomic E-state index is 12.9. The largest absolute Gasteiger partial charge is 0.462 e. The lowest BCUT2D eigenvalue weighted by Gasteiger charge is -2.18. The Hall–Kier alpha value is -2.89. The van der Waals surface area contributed by atoms with Crippen molar-refractivity contribution < 1.29 is 28.6 Å². The van der Waals surface area contributed by atoms with Crippen molar-refractivity contribution in [3.05, 3.63) is 60.8 Å². The van der Waals surface area contributed by atoms with E-state index >= 15 is 0 Å². The van der Waals surface area contributed by atoms with Gasteiger partial charge in [-0.05, 0) is 109 Å². The Morgan fingerprint density at radius 3 is 0.760 bits per heavy atom. The summed E-state index contributed by atoms with van der Waals surface area (Å²) in [4.78, 5) is 38.3. The first kappa shape index (κ1) is 72.1. The molecule has 0 heterocycles. The number of hydrogen-bond acceptors (Lipinski definition) is 6. The van der Waals surface area contributed by atoms with Crippen LogP contribution in [0, 0.1) is 0 Å². The Morgan fingerprint density at radius 2 is 0.480 bits per heavy atom. The van der Waals surface area contributed by atoms with Crippen molar-refractivity contribution >= 4 is 17.9 Å². The van der Waals surface area contributed by atoms with Crippen molar-refractivity contribution in [3.8, 4) is 0 Å². The van der Waals surface area contributed by atoms with Gasteiger partial charge in [0, 0.05) is 19.3 Å². The molecular weight excluding hydrogens is 925 g/mol. The predicted octanol–water partition coefficient (Wildman–Crippen LogP) is 22.3. The number of unbranched alkanes of at least 4 members (excludes halogenated alkanes) is 39. The number of esters is 3. The summed E-state index contributed by atoms with van der Waals surface area (Å²) in [6.45, 7) is 6.65. The Labute approximate surface area is 466 Å². The first-order chi connectivity index (χ1) is 37.0. The number of allylic oxidation sites excluding steroid dienone is 10. The molecule has 0 aliphatic heterocycles. The summed E-state index contributed by atoms with van der Waals surface area (Å²) in [5.41, 5.74) is 0. The fourth-order valence-corrected chi connectivity index (χ4v) is 9.50. The van der Waals surface area contributed by atoms with E-state index in [1.54, 1.807) is 0 Å². The Kier molecular flexibility index (Phi) is 61.2. The van der Waals surface area contributed by atoms with Crippen LogP contribution in [0.2, 0.25) is 0 Å². The van der Waals surface area contributed by atoms with Crippen LogP contribution in [0.25, 0.3) is 0 Å². The molecule has 0 radical (unpaired) electrons. The van der Waals surface area contributed by atoms with Gasteiger partial charge in [-0.15, -0.1) is 0 Å². The second-order valence-corrected chi connectivity index (χ2v) is 22.0. The second kappa shape index (κ2) is 63.6. The summed E-state index contributed by atoms with van der Waals surface area (Å²) < 4.78 is 16.9. The number of hydrogen-bond donors (Lipinski definition) is 0. The van der Waals surface area contributed by atoms with Gasteiger partial charge in [0.25, 0.3) is 0 Å². The molecule has 6 nitrogen and oxygen atoms in total. The summed E-state index contributed by atoms with van der Waals surface area (Å²) in [7, 11) is 0. The third-order valence-electron chi connectivity index (χ3n) is 14.5. The molecule has 0 spiro atoms. The van der Waals surface area contributed by atoms with Gasteiger partial charge in [-0.3, -0.25) is 14.4 Å². The standard InChI is InChI=1S/C69H124O6/c1-4-7-10-13-16-19-22-25-28-30-32-33-34-35-37-38-41-44-47-50-53-56-59-62-68(71)74-65-66(64-73-67(70)61-58-55-52-49-46-43-40-27-24-21-18-15-12-9-6-3)75-69(72)63-60-57-54-51-48-45-42-39-36-31-29-26-23-20-17-14-11-8-5-2/h22,25-27,29-30,32,34-35,40,66H,4-21,23-24,28,31,33,36-39,41-65H2,1-3H3/b25-22-,29-26-,32-30-,35-34-,40-27-. The molecule has 0 aliphatic rings. The minimum atomic E-state index is -0.783. The molecule has 1 atom stereocenters. The molecule has 0 aromatic rings. The van der Waals surface area contributed by atoms with Gasteiger partial charge in [0.1, 0.15) is 13.2 Å². The van der Waals surface area contributed by atoms with Crippen LogP contribution in [-0.2, 0) is 28.6 Å². The van der Waals surface area contributed by atoms with Gasteiger partial charge in [-0.25, -0.2) is 0 Å². The molecule has 0 amide bonds. The van der Waals surface area contributed by atoms with E-state index in [9.17, 15) is 14.4 Å². The van der Waals surface area contributed by atoms with Crippen LogP contribution < -0.4 is 0 Å². The van der Waals surface area contributed by atoms with Crippen molar-refractivity contribution in [3.63, 3.8) is 0 Å². The van der Waals surface area contributed by atoms with Crippen molar-refractivity contribution in [1.29, 1.82) is 0 Å². The minimum absolute atomic E-state index is 0.0798. The molecule has 75 heavy (non-hydrogen) atoms. The molecule has 436 valence electrons. The molecule has 1 unspecified atom stereocenters. The first-order valence-corrected chi connectivity index (χ1v) is 32.8. The van der Waals surface area contributed by atoms with Gasteiger partial charge >= 0.3 is 17.9 Å². The van der Waals surface area contributed by atoms with Crippen LogP contribution in [0.1, 0.15) is 342 Å². The van der Waals surface area contributed by atoms with Crippen LogP contribution in [0.4, 0.5) is 0 Å². The number of carbonyl (C=O) groups excluding carboxylic acids is 3. The topological polar surface area (TPSA) is 78.9 Å². The molecule has 0 aromatic heterocycles.